The van der Waals surface area contributed by atoms with Gasteiger partial charge in [0.15, 0.2) is 0 Å². The van der Waals surface area contributed by atoms with Gasteiger partial charge in [-0.2, -0.15) is 5.10 Å². The first-order valence-corrected chi connectivity index (χ1v) is 11.2. The van der Waals surface area contributed by atoms with Gasteiger partial charge in [0.25, 0.3) is 5.91 Å². The lowest BCUT2D eigenvalue weighted by Crippen LogP contribution is -2.36. The van der Waals surface area contributed by atoms with E-state index in [1.54, 1.807) is 12.4 Å². The van der Waals surface area contributed by atoms with Gasteiger partial charge < -0.3 is 11.5 Å². The highest BCUT2D eigenvalue weighted by atomic mass is 19.3. The van der Waals surface area contributed by atoms with Gasteiger partial charge in [-0.05, 0) is 49.3 Å². The summed E-state index contributed by atoms with van der Waals surface area (Å²) < 4.78 is 29.2. The molecule has 4 aromatic rings. The molecule has 1 amide bonds. The lowest BCUT2D eigenvalue weighted by molar-refractivity contribution is -0.109. The molecular formula is C24H24F2N6O. The molecule has 0 bridgehead atoms. The minimum atomic E-state index is -2.61. The van der Waals surface area contributed by atoms with Crippen LogP contribution in [0.5, 0.6) is 0 Å². The van der Waals surface area contributed by atoms with Gasteiger partial charge in [-0.25, -0.2) is 8.78 Å². The zero-order valence-electron chi connectivity index (χ0n) is 18.2. The van der Waals surface area contributed by atoms with E-state index in [1.165, 1.54) is 0 Å². The summed E-state index contributed by atoms with van der Waals surface area (Å²) in [6.45, 7) is 1.96. The van der Waals surface area contributed by atoms with Gasteiger partial charge in [0.2, 0.25) is 5.92 Å². The van der Waals surface area contributed by atoms with E-state index in [0.29, 0.717) is 17.7 Å². The van der Waals surface area contributed by atoms with Crippen LogP contribution in [0.3, 0.4) is 0 Å². The number of halogens is 2. The van der Waals surface area contributed by atoms with Crippen LogP contribution in [0, 0.1) is 12.8 Å². The van der Waals surface area contributed by atoms with Gasteiger partial charge in [0, 0.05) is 41.4 Å². The zero-order chi connectivity index (χ0) is 23.1. The van der Waals surface area contributed by atoms with Crippen LogP contribution in [0.25, 0.3) is 27.5 Å². The highest BCUT2D eigenvalue weighted by Gasteiger charge is 2.46. The van der Waals surface area contributed by atoms with E-state index in [1.807, 2.05) is 23.6 Å². The third kappa shape index (κ3) is 3.02. The molecule has 6 rings (SSSR count). The first kappa shape index (κ1) is 20.1. The normalized spacial score (nSPS) is 18.2. The van der Waals surface area contributed by atoms with E-state index in [9.17, 15) is 13.6 Å². The van der Waals surface area contributed by atoms with E-state index in [4.69, 9.17) is 16.5 Å². The Morgan fingerprint density at radius 3 is 2.67 bits per heavy atom. The van der Waals surface area contributed by atoms with E-state index >= 15 is 0 Å². The molecular weight excluding hydrogens is 426 g/mol. The van der Waals surface area contributed by atoms with Crippen LogP contribution >= 0.6 is 0 Å². The number of aromatic nitrogens is 4. The summed E-state index contributed by atoms with van der Waals surface area (Å²) in [5.41, 5.74) is 17.7. The van der Waals surface area contributed by atoms with Gasteiger partial charge in [0.1, 0.15) is 5.82 Å². The molecule has 7 nitrogen and oxygen atoms in total. The largest absolute Gasteiger partial charge is 0.384 e. The van der Waals surface area contributed by atoms with E-state index in [0.717, 1.165) is 51.8 Å². The van der Waals surface area contributed by atoms with Crippen LogP contribution in [0.15, 0.2) is 24.5 Å². The summed E-state index contributed by atoms with van der Waals surface area (Å²) in [6, 6.07) is 3.90. The Morgan fingerprint density at radius 1 is 1.24 bits per heavy atom. The van der Waals surface area contributed by atoms with Crippen molar-refractivity contribution >= 4 is 33.5 Å². The van der Waals surface area contributed by atoms with Crippen molar-refractivity contribution in [3.8, 4) is 5.69 Å². The number of hydrogen-bond acceptors (Lipinski definition) is 4. The Hall–Kier alpha value is -3.49. The molecule has 1 aromatic carbocycles. The Bertz CT molecular complexity index is 1440. The summed E-state index contributed by atoms with van der Waals surface area (Å²) in [6.07, 6.45) is 5.62. The van der Waals surface area contributed by atoms with Crippen LogP contribution in [-0.2, 0) is 6.42 Å². The Kier molecular flexibility index (Phi) is 4.12. The summed E-state index contributed by atoms with van der Waals surface area (Å²) in [4.78, 5) is 17.2. The van der Waals surface area contributed by atoms with Crippen molar-refractivity contribution in [2.45, 2.75) is 50.9 Å². The molecule has 2 aliphatic carbocycles. The van der Waals surface area contributed by atoms with Gasteiger partial charge in [-0.15, -0.1) is 0 Å². The van der Waals surface area contributed by atoms with Gasteiger partial charge in [0.05, 0.1) is 28.5 Å². The highest BCUT2D eigenvalue weighted by Crippen LogP contribution is 2.49. The maximum atomic E-state index is 13.7. The molecule has 0 atom stereocenters. The van der Waals surface area contributed by atoms with Crippen molar-refractivity contribution in [3.63, 3.8) is 0 Å². The molecule has 0 radical (unpaired) electrons. The predicted molar refractivity (Wildman–Crippen MR) is 122 cm³/mol. The number of nitrogens with two attached hydrogens (primary N) is 2. The summed E-state index contributed by atoms with van der Waals surface area (Å²) in [5, 5.41) is 8.56. The number of rotatable bonds is 5. The smallest absolute Gasteiger partial charge is 0.253 e. The number of nitrogens with zero attached hydrogens (tertiary/aromatic N) is 3. The fourth-order valence-corrected chi connectivity index (χ4v) is 5.39. The Balaban J connectivity index is 1.69. The second kappa shape index (κ2) is 6.76. The maximum absolute atomic E-state index is 13.7. The van der Waals surface area contributed by atoms with E-state index in [2.05, 4.69) is 10.2 Å². The quantitative estimate of drug-likeness (QED) is 0.419. The summed E-state index contributed by atoms with van der Waals surface area (Å²) >= 11 is 0. The lowest BCUT2D eigenvalue weighted by Gasteiger charge is -2.35. The molecule has 33 heavy (non-hydrogen) atoms. The molecule has 2 fully saturated rings. The first-order chi connectivity index (χ1) is 15.7. The average Bonchev–Trinajstić information content (AvgIpc) is 3.38. The molecule has 170 valence electrons. The topological polar surface area (TPSA) is 116 Å². The van der Waals surface area contributed by atoms with Crippen LogP contribution < -0.4 is 11.5 Å². The van der Waals surface area contributed by atoms with Gasteiger partial charge in [-0.3, -0.25) is 19.4 Å². The number of pyridine rings is 1. The number of hydrogen-bond donors (Lipinski definition) is 3. The number of carbonyl (C=O) groups is 1. The molecule has 3 aromatic heterocycles. The summed E-state index contributed by atoms with van der Waals surface area (Å²) in [5.74, 6) is -2.86. The minimum absolute atomic E-state index is 0.136. The molecule has 2 aliphatic rings. The summed E-state index contributed by atoms with van der Waals surface area (Å²) in [7, 11) is 0. The predicted octanol–water partition coefficient (Wildman–Crippen LogP) is 4.36. The number of primary amides is 1. The maximum Gasteiger partial charge on any atom is 0.253 e. The number of H-pyrrole nitrogens is 1. The Labute approximate surface area is 188 Å². The Morgan fingerprint density at radius 2 is 2.00 bits per heavy atom. The van der Waals surface area contributed by atoms with Crippen LogP contribution in [0.4, 0.5) is 14.6 Å². The molecule has 2 saturated carbocycles. The van der Waals surface area contributed by atoms with Gasteiger partial charge in [-0.1, -0.05) is 6.07 Å². The second-order valence-corrected chi connectivity index (χ2v) is 9.52. The molecule has 0 unspecified atom stereocenters. The number of carbonyl (C=O) groups excluding carboxylic acids is 1. The van der Waals surface area contributed by atoms with Crippen LogP contribution in [0.2, 0.25) is 0 Å². The standard InChI is InChI=1S/C24H24F2N6O/c1-11-2-5-17-15(10-30-31-17)20(11)32-21-14(6-12-7-24(25,26)8-12)19(13-3-4-13)29-9-16(21)18(22(32)27)23(28)33/h2,5,9-10,12-13H,3-4,6-8,27H2,1H3,(H2,28,33)(H,30,31). The van der Waals surface area contributed by atoms with Crippen molar-refractivity contribution in [3.05, 3.63) is 46.9 Å². The van der Waals surface area contributed by atoms with Crippen molar-refractivity contribution in [1.82, 2.24) is 19.7 Å². The fourth-order valence-electron chi connectivity index (χ4n) is 5.39. The average molecular weight is 450 g/mol. The zero-order valence-corrected chi connectivity index (χ0v) is 18.2. The number of fused-ring (bicyclic) bond motifs is 2. The number of alkyl halides is 2. The van der Waals surface area contributed by atoms with Crippen LogP contribution in [-0.4, -0.2) is 31.6 Å². The fraction of sp³-hybridized carbons (Fsp3) is 0.375. The van der Waals surface area contributed by atoms with Crippen molar-refractivity contribution in [1.29, 1.82) is 0 Å². The molecule has 5 N–H and O–H groups in total. The first-order valence-electron chi connectivity index (χ1n) is 11.2. The number of anilines is 1. The van der Waals surface area contributed by atoms with Crippen molar-refractivity contribution < 1.29 is 13.6 Å². The van der Waals surface area contributed by atoms with Crippen molar-refractivity contribution in [2.24, 2.45) is 11.7 Å². The SMILES string of the molecule is Cc1ccc2[nH]ncc2c1-n1c(N)c(C(N)=O)c2cnc(C3CC3)c(CC3CC(F)(F)C3)c21. The molecule has 0 spiro atoms. The van der Waals surface area contributed by atoms with E-state index in [-0.39, 0.29) is 30.1 Å². The minimum Gasteiger partial charge on any atom is -0.384 e. The van der Waals surface area contributed by atoms with Crippen molar-refractivity contribution in [2.75, 3.05) is 5.73 Å². The number of aromatic amines is 1. The number of nitrogens with one attached hydrogen (secondary N) is 1. The number of aryl methyl sites for hydroxylation is 1. The van der Waals surface area contributed by atoms with E-state index < -0.39 is 11.8 Å². The number of benzene rings is 1. The molecule has 3 heterocycles. The third-order valence-corrected chi connectivity index (χ3v) is 7.07. The second-order valence-electron chi connectivity index (χ2n) is 9.52. The van der Waals surface area contributed by atoms with Crippen LogP contribution in [0.1, 0.15) is 58.8 Å². The number of amides is 1. The van der Waals surface area contributed by atoms with Gasteiger partial charge >= 0.3 is 0 Å². The third-order valence-electron chi connectivity index (χ3n) is 7.07. The number of nitrogen functional groups attached to an aromatic ring is 1. The molecule has 0 aliphatic heterocycles. The monoisotopic (exact) mass is 450 g/mol. The molecule has 0 saturated heterocycles. The highest BCUT2D eigenvalue weighted by molar-refractivity contribution is 6.13. The lowest BCUT2D eigenvalue weighted by atomic mass is 9.77. The molecule has 9 heteroatoms.